The Bertz CT molecular complexity index is 764. The van der Waals surface area contributed by atoms with Crippen LogP contribution >= 0.6 is 0 Å². The molecular formula is C19H18F3NO2. The molecule has 0 radical (unpaired) electrons. The second-order valence-electron chi connectivity index (χ2n) is 6.45. The number of halogens is 3. The fraction of sp³-hybridized carbons (Fsp3) is 0.316. The van der Waals surface area contributed by atoms with Gasteiger partial charge < -0.3 is 5.11 Å². The van der Waals surface area contributed by atoms with Crippen molar-refractivity contribution in [1.82, 2.24) is 4.90 Å². The standard InChI is InChI=1S/C19H18F3NO2/c20-16-4-1-12(2-5-16)14-7-15(19(24)25)11-23(10-14)9-13-3-6-17(21)8-18(13)22/h1-6,8,14-15H,7,9-11H2,(H,24,25). The summed E-state index contributed by atoms with van der Waals surface area (Å²) in [5, 5.41) is 9.41. The van der Waals surface area contributed by atoms with E-state index in [0.29, 0.717) is 25.1 Å². The molecule has 3 nitrogen and oxygen atoms in total. The van der Waals surface area contributed by atoms with Gasteiger partial charge in [-0.2, -0.15) is 0 Å². The van der Waals surface area contributed by atoms with Gasteiger partial charge in [0.2, 0.25) is 0 Å². The average molecular weight is 349 g/mol. The molecule has 0 bridgehead atoms. The Labute approximate surface area is 143 Å². The first kappa shape index (κ1) is 17.5. The van der Waals surface area contributed by atoms with Gasteiger partial charge in [0.15, 0.2) is 0 Å². The van der Waals surface area contributed by atoms with E-state index >= 15 is 0 Å². The summed E-state index contributed by atoms with van der Waals surface area (Å²) in [5.74, 6) is -3.22. The number of nitrogens with zero attached hydrogens (tertiary/aromatic N) is 1. The molecule has 0 aliphatic carbocycles. The predicted octanol–water partition coefficient (Wildman–Crippen LogP) is 3.79. The van der Waals surface area contributed by atoms with Crippen LogP contribution in [0.2, 0.25) is 0 Å². The van der Waals surface area contributed by atoms with Gasteiger partial charge in [0.05, 0.1) is 5.92 Å². The average Bonchev–Trinajstić information content (AvgIpc) is 2.58. The molecule has 25 heavy (non-hydrogen) atoms. The third-order valence-electron chi connectivity index (χ3n) is 4.63. The fourth-order valence-corrected chi connectivity index (χ4v) is 3.37. The van der Waals surface area contributed by atoms with Crippen molar-refractivity contribution >= 4 is 5.97 Å². The highest BCUT2D eigenvalue weighted by Gasteiger charge is 2.32. The van der Waals surface area contributed by atoms with Crippen LogP contribution in [0, 0.1) is 23.4 Å². The van der Waals surface area contributed by atoms with Crippen LogP contribution in [0.25, 0.3) is 0 Å². The van der Waals surface area contributed by atoms with Crippen LogP contribution < -0.4 is 0 Å². The van der Waals surface area contributed by atoms with Crippen LogP contribution in [0.4, 0.5) is 13.2 Å². The third-order valence-corrected chi connectivity index (χ3v) is 4.63. The molecule has 0 amide bonds. The largest absolute Gasteiger partial charge is 0.481 e. The minimum atomic E-state index is -0.906. The molecule has 1 fully saturated rings. The quantitative estimate of drug-likeness (QED) is 0.913. The lowest BCUT2D eigenvalue weighted by Crippen LogP contribution is -2.42. The van der Waals surface area contributed by atoms with Crippen molar-refractivity contribution in [3.05, 3.63) is 71.0 Å². The molecule has 1 heterocycles. The molecule has 0 aromatic heterocycles. The van der Waals surface area contributed by atoms with Crippen molar-refractivity contribution in [2.45, 2.75) is 18.9 Å². The Morgan fingerprint density at radius 1 is 1.04 bits per heavy atom. The molecule has 2 aromatic rings. The van der Waals surface area contributed by atoms with E-state index in [1.165, 1.54) is 24.3 Å². The van der Waals surface area contributed by atoms with Crippen LogP contribution in [0.15, 0.2) is 42.5 Å². The molecule has 2 aromatic carbocycles. The van der Waals surface area contributed by atoms with E-state index in [4.69, 9.17) is 0 Å². The number of carbonyl (C=O) groups is 1. The number of hydrogen-bond donors (Lipinski definition) is 1. The fourth-order valence-electron chi connectivity index (χ4n) is 3.37. The second-order valence-corrected chi connectivity index (χ2v) is 6.45. The third kappa shape index (κ3) is 4.20. The number of benzene rings is 2. The highest BCUT2D eigenvalue weighted by molar-refractivity contribution is 5.70. The van der Waals surface area contributed by atoms with Crippen LogP contribution in [0.5, 0.6) is 0 Å². The molecule has 0 spiro atoms. The summed E-state index contributed by atoms with van der Waals surface area (Å²) in [4.78, 5) is 13.3. The number of carboxylic acid groups (broad SMARTS) is 1. The summed E-state index contributed by atoms with van der Waals surface area (Å²) in [6, 6.07) is 9.40. The van der Waals surface area contributed by atoms with Gasteiger partial charge in [-0.3, -0.25) is 9.69 Å². The second kappa shape index (κ2) is 7.27. The Morgan fingerprint density at radius 2 is 1.72 bits per heavy atom. The molecule has 1 aliphatic heterocycles. The number of likely N-dealkylation sites (tertiary alicyclic amines) is 1. The van der Waals surface area contributed by atoms with Gasteiger partial charge in [0.25, 0.3) is 0 Å². The zero-order valence-electron chi connectivity index (χ0n) is 13.5. The monoisotopic (exact) mass is 349 g/mol. The van der Waals surface area contributed by atoms with E-state index in [-0.39, 0.29) is 18.3 Å². The maximum atomic E-state index is 13.9. The minimum absolute atomic E-state index is 0.0843. The molecule has 132 valence electrons. The molecule has 2 unspecified atom stereocenters. The maximum absolute atomic E-state index is 13.9. The molecule has 3 rings (SSSR count). The zero-order chi connectivity index (χ0) is 18.0. The van der Waals surface area contributed by atoms with Gasteiger partial charge >= 0.3 is 5.97 Å². The van der Waals surface area contributed by atoms with E-state index < -0.39 is 23.5 Å². The Balaban J connectivity index is 1.80. The van der Waals surface area contributed by atoms with Crippen molar-refractivity contribution in [3.8, 4) is 0 Å². The summed E-state index contributed by atoms with van der Waals surface area (Å²) in [6.45, 7) is 1.03. The number of piperidine rings is 1. The van der Waals surface area contributed by atoms with Crippen LogP contribution in [-0.4, -0.2) is 29.1 Å². The topological polar surface area (TPSA) is 40.5 Å². The number of rotatable bonds is 4. The lowest BCUT2D eigenvalue weighted by atomic mass is 9.84. The van der Waals surface area contributed by atoms with Gasteiger partial charge in [-0.15, -0.1) is 0 Å². The summed E-state index contributed by atoms with van der Waals surface area (Å²) < 4.78 is 40.1. The van der Waals surface area contributed by atoms with Gasteiger partial charge in [-0.05, 0) is 36.1 Å². The summed E-state index contributed by atoms with van der Waals surface area (Å²) in [5.41, 5.74) is 1.18. The highest BCUT2D eigenvalue weighted by Crippen LogP contribution is 2.31. The molecule has 6 heteroatoms. The van der Waals surface area contributed by atoms with Gasteiger partial charge in [-0.1, -0.05) is 18.2 Å². The first-order valence-corrected chi connectivity index (χ1v) is 8.07. The van der Waals surface area contributed by atoms with Crippen molar-refractivity contribution < 1.29 is 23.1 Å². The van der Waals surface area contributed by atoms with Crippen molar-refractivity contribution in [1.29, 1.82) is 0 Å². The summed E-state index contributed by atoms with van der Waals surface area (Å²) in [6.07, 6.45) is 0.448. The van der Waals surface area contributed by atoms with E-state index in [1.807, 2.05) is 4.90 Å². The number of hydrogen-bond acceptors (Lipinski definition) is 2. The maximum Gasteiger partial charge on any atom is 0.307 e. The summed E-state index contributed by atoms with van der Waals surface area (Å²) >= 11 is 0. The number of aliphatic carboxylic acids is 1. The van der Waals surface area contributed by atoms with Crippen molar-refractivity contribution in [2.24, 2.45) is 5.92 Å². The Morgan fingerprint density at radius 3 is 2.36 bits per heavy atom. The van der Waals surface area contributed by atoms with Crippen LogP contribution in [0.1, 0.15) is 23.5 Å². The Hall–Kier alpha value is -2.34. The minimum Gasteiger partial charge on any atom is -0.481 e. The Kier molecular flexibility index (Phi) is 5.08. The predicted molar refractivity (Wildman–Crippen MR) is 86.5 cm³/mol. The van der Waals surface area contributed by atoms with Gasteiger partial charge in [0, 0.05) is 31.3 Å². The molecular weight excluding hydrogens is 331 g/mol. The van der Waals surface area contributed by atoms with E-state index in [0.717, 1.165) is 11.6 Å². The molecule has 2 atom stereocenters. The van der Waals surface area contributed by atoms with Crippen molar-refractivity contribution in [3.63, 3.8) is 0 Å². The van der Waals surface area contributed by atoms with E-state index in [9.17, 15) is 23.1 Å². The van der Waals surface area contributed by atoms with Crippen LogP contribution in [0.3, 0.4) is 0 Å². The molecule has 1 N–H and O–H groups in total. The van der Waals surface area contributed by atoms with Gasteiger partial charge in [-0.25, -0.2) is 13.2 Å². The normalized spacial score (nSPS) is 21.2. The van der Waals surface area contributed by atoms with E-state index in [2.05, 4.69) is 0 Å². The van der Waals surface area contributed by atoms with E-state index in [1.54, 1.807) is 12.1 Å². The zero-order valence-corrected chi connectivity index (χ0v) is 13.5. The first-order chi connectivity index (χ1) is 11.9. The van der Waals surface area contributed by atoms with Crippen LogP contribution in [-0.2, 0) is 11.3 Å². The van der Waals surface area contributed by atoms with Crippen molar-refractivity contribution in [2.75, 3.05) is 13.1 Å². The highest BCUT2D eigenvalue weighted by atomic mass is 19.1. The first-order valence-electron chi connectivity index (χ1n) is 8.07. The lowest BCUT2D eigenvalue weighted by molar-refractivity contribution is -0.144. The lowest BCUT2D eigenvalue weighted by Gasteiger charge is -2.36. The molecule has 1 aliphatic rings. The molecule has 0 saturated carbocycles. The SMILES string of the molecule is O=C(O)C1CC(c2ccc(F)cc2)CN(Cc2ccc(F)cc2F)C1. The summed E-state index contributed by atoms with van der Waals surface area (Å²) in [7, 11) is 0. The smallest absolute Gasteiger partial charge is 0.307 e. The molecule has 1 saturated heterocycles. The number of carboxylic acids is 1. The van der Waals surface area contributed by atoms with Gasteiger partial charge in [0.1, 0.15) is 17.5 Å².